The van der Waals surface area contributed by atoms with Crippen LogP contribution in [0.3, 0.4) is 0 Å². The number of aryl methyl sites for hydroxylation is 1. The molecule has 2 saturated heterocycles. The molecule has 0 N–H and O–H groups in total. The normalized spacial score (nSPS) is 23.9. The molecule has 0 aliphatic carbocycles. The van der Waals surface area contributed by atoms with Crippen LogP contribution in [-0.4, -0.2) is 48.9 Å². The summed E-state index contributed by atoms with van der Waals surface area (Å²) in [5.41, 5.74) is 1.70. The van der Waals surface area contributed by atoms with Gasteiger partial charge in [0.1, 0.15) is 5.75 Å². The monoisotopic (exact) mass is 450 g/mol. The molecule has 0 saturated carbocycles. The Kier molecular flexibility index (Phi) is 5.59. The lowest BCUT2D eigenvalue weighted by Gasteiger charge is -2.26. The number of hydrogen-bond acceptors (Lipinski definition) is 5. The summed E-state index contributed by atoms with van der Waals surface area (Å²) < 4.78 is 29.8. The van der Waals surface area contributed by atoms with E-state index in [4.69, 9.17) is 16.3 Å². The Morgan fingerprint density at radius 1 is 1.24 bits per heavy atom. The number of benzene rings is 2. The number of amides is 1. The molecule has 0 radical (unpaired) electrons. The zero-order valence-electron chi connectivity index (χ0n) is 15.6. The first kappa shape index (κ1) is 20.3. The number of carbonyl (C=O) groups excluding carboxylic acids is 1. The highest BCUT2D eigenvalue weighted by molar-refractivity contribution is 8.16. The van der Waals surface area contributed by atoms with E-state index >= 15 is 0 Å². The molecule has 29 heavy (non-hydrogen) atoms. The van der Waals surface area contributed by atoms with Crippen molar-refractivity contribution in [3.8, 4) is 5.75 Å². The van der Waals surface area contributed by atoms with Gasteiger partial charge in [0.25, 0.3) is 5.91 Å². The minimum atomic E-state index is -3.13. The van der Waals surface area contributed by atoms with Crippen LogP contribution in [0.5, 0.6) is 5.75 Å². The zero-order valence-corrected chi connectivity index (χ0v) is 18.0. The van der Waals surface area contributed by atoms with Gasteiger partial charge in [0.05, 0.1) is 17.5 Å². The lowest BCUT2D eigenvalue weighted by Crippen LogP contribution is -2.38. The number of hydrogen-bond donors (Lipinski definition) is 0. The van der Waals surface area contributed by atoms with Crippen molar-refractivity contribution >= 4 is 50.0 Å². The first-order valence-corrected chi connectivity index (χ1v) is 12.1. The van der Waals surface area contributed by atoms with Crippen LogP contribution in [0, 0.1) is 6.92 Å². The van der Waals surface area contributed by atoms with Gasteiger partial charge in [-0.25, -0.2) is 8.42 Å². The first-order valence-electron chi connectivity index (χ1n) is 9.04. The molecule has 2 fully saturated rings. The molecule has 0 unspecified atom stereocenters. The van der Waals surface area contributed by atoms with Gasteiger partial charge in [-0.2, -0.15) is 4.99 Å². The highest BCUT2D eigenvalue weighted by Gasteiger charge is 2.49. The number of rotatable bonds is 4. The summed E-state index contributed by atoms with van der Waals surface area (Å²) >= 11 is 7.52. The van der Waals surface area contributed by atoms with E-state index in [9.17, 15) is 13.2 Å². The van der Waals surface area contributed by atoms with Gasteiger partial charge in [-0.05, 0) is 36.8 Å². The molecule has 2 heterocycles. The fourth-order valence-corrected chi connectivity index (χ4v) is 7.58. The Balaban J connectivity index is 1.61. The van der Waals surface area contributed by atoms with Crippen molar-refractivity contribution in [2.24, 2.45) is 4.99 Å². The zero-order chi connectivity index (χ0) is 20.6. The number of carbonyl (C=O) groups is 1. The predicted molar refractivity (Wildman–Crippen MR) is 117 cm³/mol. The van der Waals surface area contributed by atoms with Crippen molar-refractivity contribution in [1.82, 2.24) is 0 Å². The summed E-state index contributed by atoms with van der Waals surface area (Å²) in [6.07, 6.45) is 0. The smallest absolute Gasteiger partial charge is 0.285 e. The molecule has 6 nitrogen and oxygen atoms in total. The minimum absolute atomic E-state index is 0.0321. The Labute approximate surface area is 178 Å². The fraction of sp³-hybridized carbons (Fsp3) is 0.300. The second-order valence-corrected chi connectivity index (χ2v) is 10.8. The Morgan fingerprint density at radius 2 is 2.00 bits per heavy atom. The fourth-order valence-electron chi connectivity index (χ4n) is 3.49. The van der Waals surface area contributed by atoms with Gasteiger partial charge in [-0.15, -0.1) is 0 Å². The number of nitrogens with zero attached hydrogens (tertiary/aromatic N) is 2. The van der Waals surface area contributed by atoms with Crippen LogP contribution < -0.4 is 9.64 Å². The summed E-state index contributed by atoms with van der Waals surface area (Å²) in [4.78, 5) is 18.6. The summed E-state index contributed by atoms with van der Waals surface area (Å²) in [5.74, 6) is 0.269. The number of sulfone groups is 1. The molecule has 2 atom stereocenters. The number of anilines is 1. The predicted octanol–water partition coefficient (Wildman–Crippen LogP) is 3.33. The van der Waals surface area contributed by atoms with Crippen LogP contribution in [0.15, 0.2) is 53.5 Å². The second-order valence-electron chi connectivity index (χ2n) is 6.99. The number of fused-ring (bicyclic) bond motifs is 1. The van der Waals surface area contributed by atoms with Crippen molar-refractivity contribution < 1.29 is 17.9 Å². The minimum Gasteiger partial charge on any atom is -0.484 e. The van der Waals surface area contributed by atoms with Crippen molar-refractivity contribution in [1.29, 1.82) is 0 Å². The molecule has 9 heteroatoms. The average molecular weight is 451 g/mol. The molecule has 1 amide bonds. The number of para-hydroxylation sites is 1. The highest BCUT2D eigenvalue weighted by atomic mass is 35.5. The molecule has 0 bridgehead atoms. The third kappa shape index (κ3) is 4.44. The summed E-state index contributed by atoms with van der Waals surface area (Å²) in [6.45, 7) is 1.73. The number of amidine groups is 1. The Bertz CT molecular complexity index is 1070. The highest BCUT2D eigenvalue weighted by Crippen LogP contribution is 2.42. The van der Waals surface area contributed by atoms with E-state index in [1.165, 1.54) is 11.8 Å². The quantitative estimate of drug-likeness (QED) is 0.711. The Morgan fingerprint density at radius 3 is 2.76 bits per heavy atom. The standard InChI is InChI=1S/C20H19ClN2O4S2/c1-13-7-8-14(21)9-16(13)23-17-11-29(25,26)12-18(17)28-20(23)22-19(24)10-27-15-5-3-2-4-6-15/h2-9,17-18H,10-12H2,1H3/t17-,18-/m1/s1. The molecule has 2 aliphatic rings. The lowest BCUT2D eigenvalue weighted by molar-refractivity contribution is -0.119. The number of halogens is 1. The van der Waals surface area contributed by atoms with Gasteiger partial charge in [-0.3, -0.25) is 4.79 Å². The van der Waals surface area contributed by atoms with Crippen molar-refractivity contribution in [3.63, 3.8) is 0 Å². The van der Waals surface area contributed by atoms with Gasteiger partial charge < -0.3 is 9.64 Å². The number of thioether (sulfide) groups is 1. The third-order valence-corrected chi connectivity index (χ3v) is 8.27. The van der Waals surface area contributed by atoms with E-state index in [-0.39, 0.29) is 29.4 Å². The molecule has 152 valence electrons. The van der Waals surface area contributed by atoms with Gasteiger partial charge in [0, 0.05) is 16.0 Å². The molecule has 2 aromatic rings. The number of ether oxygens (including phenoxy) is 1. The van der Waals surface area contributed by atoms with E-state index in [2.05, 4.69) is 4.99 Å². The maximum absolute atomic E-state index is 12.5. The summed E-state index contributed by atoms with van der Waals surface area (Å²) in [5, 5.41) is 0.861. The second kappa shape index (κ2) is 8.01. The molecule has 2 aliphatic heterocycles. The van der Waals surface area contributed by atoms with E-state index in [1.807, 2.05) is 36.1 Å². The molecular formula is C20H19ClN2O4S2. The average Bonchev–Trinajstić information content (AvgIpc) is 3.14. The SMILES string of the molecule is Cc1ccc(Cl)cc1N1C(=NC(=O)COc2ccccc2)S[C@@H]2CS(=O)(=O)C[C@H]21. The van der Waals surface area contributed by atoms with Crippen LogP contribution in [0.4, 0.5) is 5.69 Å². The van der Waals surface area contributed by atoms with E-state index in [1.54, 1.807) is 24.3 Å². The number of aliphatic imine (C=N–C) groups is 1. The van der Waals surface area contributed by atoms with Gasteiger partial charge in [0.15, 0.2) is 21.6 Å². The van der Waals surface area contributed by atoms with Crippen molar-refractivity contribution in [3.05, 3.63) is 59.1 Å². The summed E-state index contributed by atoms with van der Waals surface area (Å²) in [7, 11) is -3.13. The molecule has 0 spiro atoms. The Hall–Kier alpha value is -2.03. The molecule has 0 aromatic heterocycles. The maximum Gasteiger partial charge on any atom is 0.285 e. The summed E-state index contributed by atoms with van der Waals surface area (Å²) in [6, 6.07) is 14.2. The maximum atomic E-state index is 12.5. The topological polar surface area (TPSA) is 76.0 Å². The lowest BCUT2D eigenvalue weighted by atomic mass is 10.1. The van der Waals surface area contributed by atoms with E-state index in [0.29, 0.717) is 15.9 Å². The van der Waals surface area contributed by atoms with Crippen LogP contribution >= 0.6 is 23.4 Å². The van der Waals surface area contributed by atoms with Crippen LogP contribution in [-0.2, 0) is 14.6 Å². The molecular weight excluding hydrogens is 432 g/mol. The van der Waals surface area contributed by atoms with Crippen molar-refractivity contribution in [2.45, 2.75) is 18.2 Å². The first-order chi connectivity index (χ1) is 13.8. The van der Waals surface area contributed by atoms with Gasteiger partial charge >= 0.3 is 0 Å². The van der Waals surface area contributed by atoms with Crippen LogP contribution in [0.25, 0.3) is 0 Å². The van der Waals surface area contributed by atoms with Crippen molar-refractivity contribution in [2.75, 3.05) is 23.0 Å². The molecule has 2 aromatic carbocycles. The van der Waals surface area contributed by atoms with Crippen LogP contribution in [0.1, 0.15) is 5.56 Å². The van der Waals surface area contributed by atoms with Gasteiger partial charge in [-0.1, -0.05) is 47.6 Å². The third-order valence-electron chi connectivity index (χ3n) is 4.82. The van der Waals surface area contributed by atoms with E-state index in [0.717, 1.165) is 11.3 Å². The van der Waals surface area contributed by atoms with E-state index < -0.39 is 15.7 Å². The largest absolute Gasteiger partial charge is 0.484 e. The van der Waals surface area contributed by atoms with Crippen LogP contribution in [0.2, 0.25) is 5.02 Å². The molecule has 4 rings (SSSR count). The van der Waals surface area contributed by atoms with Gasteiger partial charge in [0.2, 0.25) is 0 Å².